The molecule has 0 N–H and O–H groups in total. The molecule has 0 unspecified atom stereocenters. The number of aryl methyl sites for hydroxylation is 1. The van der Waals surface area contributed by atoms with Crippen LogP contribution in [-0.4, -0.2) is 59.0 Å². The van der Waals surface area contributed by atoms with E-state index in [1.165, 1.54) is 0 Å². The number of hydrogen-bond acceptors (Lipinski definition) is 3. The minimum absolute atomic E-state index is 0.0119. The molecule has 1 aromatic rings. The normalized spacial score (nSPS) is 10.8. The van der Waals surface area contributed by atoms with Gasteiger partial charge in [0.1, 0.15) is 0 Å². The lowest BCUT2D eigenvalue weighted by Crippen LogP contribution is -2.43. The number of nitrogens with zero attached hydrogens (tertiary/aromatic N) is 3. The van der Waals surface area contributed by atoms with Crippen LogP contribution in [0.25, 0.3) is 0 Å². The molecule has 6 nitrogen and oxygen atoms in total. The monoisotopic (exact) mass is 365 g/mol. The molecule has 1 rings (SSSR count). The van der Waals surface area contributed by atoms with Crippen LogP contribution in [0.1, 0.15) is 52.1 Å². The van der Waals surface area contributed by atoms with Gasteiger partial charge in [-0.15, -0.1) is 0 Å². The summed E-state index contributed by atoms with van der Waals surface area (Å²) in [6.07, 6.45) is 5.14. The number of carbonyl (C=O) groups is 2. The molecule has 148 valence electrons. The molecule has 0 fully saturated rings. The van der Waals surface area contributed by atoms with E-state index < -0.39 is 0 Å². The van der Waals surface area contributed by atoms with Gasteiger partial charge in [0.2, 0.25) is 11.8 Å². The van der Waals surface area contributed by atoms with Gasteiger partial charge in [0.15, 0.2) is 0 Å². The minimum Gasteiger partial charge on any atom is -0.382 e. The van der Waals surface area contributed by atoms with E-state index in [1.54, 1.807) is 4.90 Å². The summed E-state index contributed by atoms with van der Waals surface area (Å²) in [5.41, 5.74) is 1.10. The Morgan fingerprint density at radius 3 is 2.38 bits per heavy atom. The van der Waals surface area contributed by atoms with Crippen molar-refractivity contribution in [3.8, 4) is 0 Å². The largest absolute Gasteiger partial charge is 0.382 e. The summed E-state index contributed by atoms with van der Waals surface area (Å²) in [5, 5.41) is 0. The van der Waals surface area contributed by atoms with Crippen LogP contribution < -0.4 is 0 Å². The third-order valence-electron chi connectivity index (χ3n) is 4.44. The Labute approximate surface area is 158 Å². The molecule has 0 aliphatic rings. The average molecular weight is 366 g/mol. The van der Waals surface area contributed by atoms with Gasteiger partial charge in [-0.3, -0.25) is 9.59 Å². The molecular formula is C20H35N3O3. The second-order valence-electron chi connectivity index (χ2n) is 6.50. The molecule has 0 aliphatic heterocycles. The quantitative estimate of drug-likeness (QED) is 0.505. The van der Waals surface area contributed by atoms with Crippen LogP contribution in [0.4, 0.5) is 0 Å². The molecular weight excluding hydrogens is 330 g/mol. The Balaban J connectivity index is 2.72. The van der Waals surface area contributed by atoms with Crippen LogP contribution >= 0.6 is 0 Å². The molecule has 0 spiro atoms. The topological polar surface area (TPSA) is 54.8 Å². The number of unbranched alkanes of at least 4 members (excludes halogenated alkanes) is 1. The fourth-order valence-electron chi connectivity index (χ4n) is 2.78. The molecule has 1 aromatic heterocycles. The zero-order valence-corrected chi connectivity index (χ0v) is 16.9. The number of ether oxygens (including phenoxy) is 1. The second kappa shape index (κ2) is 12.5. The van der Waals surface area contributed by atoms with Crippen LogP contribution in [0.3, 0.4) is 0 Å². The smallest absolute Gasteiger partial charge is 0.242 e. The minimum atomic E-state index is 0.0119. The van der Waals surface area contributed by atoms with E-state index in [4.69, 9.17) is 4.74 Å². The second-order valence-corrected chi connectivity index (χ2v) is 6.50. The van der Waals surface area contributed by atoms with E-state index in [0.717, 1.165) is 25.0 Å². The number of carbonyl (C=O) groups excluding carboxylic acids is 2. The first-order chi connectivity index (χ1) is 12.5. The number of amides is 2. The Morgan fingerprint density at radius 2 is 1.81 bits per heavy atom. The molecule has 6 heteroatoms. The average Bonchev–Trinajstić information content (AvgIpc) is 3.04. The highest BCUT2D eigenvalue weighted by Crippen LogP contribution is 2.09. The Bertz CT molecular complexity index is 542. The predicted octanol–water partition coefficient (Wildman–Crippen LogP) is 2.82. The summed E-state index contributed by atoms with van der Waals surface area (Å²) in [4.78, 5) is 28.7. The first-order valence-corrected chi connectivity index (χ1v) is 9.76. The summed E-state index contributed by atoms with van der Waals surface area (Å²) < 4.78 is 7.38. The molecule has 1 heterocycles. The molecule has 0 aromatic carbocycles. The van der Waals surface area contributed by atoms with E-state index in [9.17, 15) is 9.59 Å². The van der Waals surface area contributed by atoms with Gasteiger partial charge in [-0.05, 0) is 31.9 Å². The summed E-state index contributed by atoms with van der Waals surface area (Å²) in [7, 11) is 1.98. The molecule has 0 atom stereocenters. The number of hydrogen-bond donors (Lipinski definition) is 0. The Hall–Kier alpha value is -1.82. The fourth-order valence-corrected chi connectivity index (χ4v) is 2.78. The van der Waals surface area contributed by atoms with Crippen molar-refractivity contribution >= 4 is 11.8 Å². The number of rotatable bonds is 13. The summed E-state index contributed by atoms with van der Waals surface area (Å²) >= 11 is 0. The SMILES string of the molecule is CCCCN(Cc1cccn1C)C(=O)CN(CCCOCC)C(=O)CC. The highest BCUT2D eigenvalue weighted by molar-refractivity contribution is 5.84. The molecule has 0 aliphatic carbocycles. The van der Waals surface area contributed by atoms with Gasteiger partial charge in [-0.25, -0.2) is 0 Å². The van der Waals surface area contributed by atoms with Gasteiger partial charge in [-0.2, -0.15) is 0 Å². The van der Waals surface area contributed by atoms with Crippen LogP contribution in [0, 0.1) is 0 Å². The van der Waals surface area contributed by atoms with Crippen molar-refractivity contribution in [1.29, 1.82) is 0 Å². The summed E-state index contributed by atoms with van der Waals surface area (Å²) in [6, 6.07) is 4.02. The third-order valence-corrected chi connectivity index (χ3v) is 4.44. The van der Waals surface area contributed by atoms with Crippen molar-refractivity contribution in [2.75, 3.05) is 32.8 Å². The van der Waals surface area contributed by atoms with Gasteiger partial charge in [0.25, 0.3) is 0 Å². The van der Waals surface area contributed by atoms with Gasteiger partial charge in [-0.1, -0.05) is 20.3 Å². The number of aromatic nitrogens is 1. The van der Waals surface area contributed by atoms with Gasteiger partial charge in [0.05, 0.1) is 13.1 Å². The van der Waals surface area contributed by atoms with Crippen LogP contribution in [0.5, 0.6) is 0 Å². The maximum Gasteiger partial charge on any atom is 0.242 e. The molecule has 0 radical (unpaired) electrons. The van der Waals surface area contributed by atoms with Crippen molar-refractivity contribution in [3.63, 3.8) is 0 Å². The Morgan fingerprint density at radius 1 is 1.08 bits per heavy atom. The van der Waals surface area contributed by atoms with Gasteiger partial charge < -0.3 is 19.1 Å². The molecule has 2 amide bonds. The zero-order chi connectivity index (χ0) is 19.4. The lowest BCUT2D eigenvalue weighted by Gasteiger charge is -2.28. The molecule has 26 heavy (non-hydrogen) atoms. The van der Waals surface area contributed by atoms with E-state index in [2.05, 4.69) is 6.92 Å². The summed E-state index contributed by atoms with van der Waals surface area (Å²) in [5.74, 6) is 0.0296. The van der Waals surface area contributed by atoms with Crippen molar-refractivity contribution in [2.24, 2.45) is 7.05 Å². The van der Waals surface area contributed by atoms with Crippen molar-refractivity contribution in [3.05, 3.63) is 24.0 Å². The van der Waals surface area contributed by atoms with Gasteiger partial charge >= 0.3 is 0 Å². The third kappa shape index (κ3) is 7.60. The first-order valence-electron chi connectivity index (χ1n) is 9.76. The highest BCUT2D eigenvalue weighted by atomic mass is 16.5. The standard InChI is InChI=1S/C20H35N3O3/c1-5-8-13-22(16-18-11-9-12-21(18)4)20(25)17-23(19(24)6-2)14-10-15-26-7-3/h9,11-12H,5-8,10,13-17H2,1-4H3. The Kier molecular flexibility index (Phi) is 10.7. The highest BCUT2D eigenvalue weighted by Gasteiger charge is 2.20. The van der Waals surface area contributed by atoms with E-state index in [0.29, 0.717) is 39.3 Å². The maximum absolute atomic E-state index is 12.9. The first kappa shape index (κ1) is 22.2. The van der Waals surface area contributed by atoms with Crippen molar-refractivity contribution in [1.82, 2.24) is 14.4 Å². The van der Waals surface area contributed by atoms with Gasteiger partial charge in [0, 0.05) is 51.7 Å². The van der Waals surface area contributed by atoms with E-state index in [1.807, 2.05) is 48.7 Å². The molecule has 0 saturated carbocycles. The summed E-state index contributed by atoms with van der Waals surface area (Å²) in [6.45, 7) is 9.18. The lowest BCUT2D eigenvalue weighted by molar-refractivity contribution is -0.141. The van der Waals surface area contributed by atoms with E-state index in [-0.39, 0.29) is 18.4 Å². The van der Waals surface area contributed by atoms with Crippen LogP contribution in [0.15, 0.2) is 18.3 Å². The van der Waals surface area contributed by atoms with Crippen LogP contribution in [-0.2, 0) is 27.9 Å². The lowest BCUT2D eigenvalue weighted by atomic mass is 10.2. The molecule has 0 bridgehead atoms. The fraction of sp³-hybridized carbons (Fsp3) is 0.700. The van der Waals surface area contributed by atoms with Crippen LogP contribution in [0.2, 0.25) is 0 Å². The molecule has 0 saturated heterocycles. The maximum atomic E-state index is 12.9. The zero-order valence-electron chi connectivity index (χ0n) is 16.9. The van der Waals surface area contributed by atoms with Crippen molar-refractivity contribution < 1.29 is 14.3 Å². The van der Waals surface area contributed by atoms with E-state index >= 15 is 0 Å². The predicted molar refractivity (Wildman–Crippen MR) is 104 cm³/mol. The van der Waals surface area contributed by atoms with Crippen molar-refractivity contribution in [2.45, 2.75) is 53.0 Å².